The molecule has 5 nitrogen and oxygen atoms in total. The van der Waals surface area contributed by atoms with Gasteiger partial charge in [-0.2, -0.15) is 0 Å². The van der Waals surface area contributed by atoms with E-state index in [0.29, 0.717) is 16.9 Å². The van der Waals surface area contributed by atoms with Crippen LogP contribution in [0.2, 0.25) is 0 Å². The standard InChI is InChI=1S/C15H15N2O3/c1-9-11-8-10(14(18)19-2)4-5-12(11)20-13(9)15(17-16)6-3-7-15/h4-5,8H,3,6-7H2,1-2H3/q+1. The lowest BCUT2D eigenvalue weighted by Crippen LogP contribution is -2.30. The largest absolute Gasteiger partial charge is 0.465 e. The first kappa shape index (κ1) is 12.7. The predicted molar refractivity (Wildman–Crippen MR) is 72.9 cm³/mol. The summed E-state index contributed by atoms with van der Waals surface area (Å²) in [4.78, 5) is 15.1. The zero-order valence-electron chi connectivity index (χ0n) is 11.5. The van der Waals surface area contributed by atoms with Gasteiger partial charge in [0.05, 0.1) is 12.7 Å². The number of fused-ring (bicyclic) bond motifs is 1. The Morgan fingerprint density at radius 3 is 2.75 bits per heavy atom. The van der Waals surface area contributed by atoms with Crippen LogP contribution in [0.25, 0.3) is 15.9 Å². The SMILES string of the molecule is COC(=O)c1ccc2oc(C3([N+]#N)CCC3)c(C)c2c1. The van der Waals surface area contributed by atoms with Crippen molar-refractivity contribution in [1.82, 2.24) is 0 Å². The van der Waals surface area contributed by atoms with Crippen molar-refractivity contribution in [3.8, 4) is 0 Å². The van der Waals surface area contributed by atoms with E-state index in [1.165, 1.54) is 7.11 Å². The molecule has 1 heterocycles. The van der Waals surface area contributed by atoms with Gasteiger partial charge in [0, 0.05) is 23.8 Å². The summed E-state index contributed by atoms with van der Waals surface area (Å²) < 4.78 is 10.6. The number of rotatable bonds is 2. The van der Waals surface area contributed by atoms with E-state index in [9.17, 15) is 10.2 Å². The van der Waals surface area contributed by atoms with Crippen molar-refractivity contribution in [1.29, 1.82) is 5.39 Å². The van der Waals surface area contributed by atoms with Gasteiger partial charge in [0.1, 0.15) is 10.6 Å². The number of nitrogens with zero attached hydrogens (tertiary/aromatic N) is 2. The topological polar surface area (TPSA) is 67.6 Å². The molecule has 0 radical (unpaired) electrons. The highest BCUT2D eigenvalue weighted by Crippen LogP contribution is 2.48. The van der Waals surface area contributed by atoms with Crippen molar-refractivity contribution in [3.63, 3.8) is 0 Å². The average molecular weight is 271 g/mol. The third-order valence-corrected chi connectivity index (χ3v) is 4.15. The number of aryl methyl sites for hydroxylation is 1. The van der Waals surface area contributed by atoms with Crippen LogP contribution in [0.15, 0.2) is 22.6 Å². The molecular weight excluding hydrogens is 256 g/mol. The Labute approximate surface area is 116 Å². The molecule has 0 N–H and O–H groups in total. The first-order valence-electron chi connectivity index (χ1n) is 6.59. The fraction of sp³-hybridized carbons (Fsp3) is 0.400. The first-order chi connectivity index (χ1) is 9.61. The molecule has 1 fully saturated rings. The van der Waals surface area contributed by atoms with Gasteiger partial charge in [-0.15, -0.1) is 0 Å². The van der Waals surface area contributed by atoms with Gasteiger partial charge in [-0.3, -0.25) is 0 Å². The van der Waals surface area contributed by atoms with Crippen LogP contribution in [0.5, 0.6) is 0 Å². The molecular formula is C15H15N2O3+. The minimum absolute atomic E-state index is 0.376. The van der Waals surface area contributed by atoms with Crippen molar-refractivity contribution in [2.24, 2.45) is 0 Å². The molecule has 0 aliphatic heterocycles. The van der Waals surface area contributed by atoms with Gasteiger partial charge in [0.2, 0.25) is 11.2 Å². The van der Waals surface area contributed by atoms with E-state index in [0.717, 1.165) is 30.2 Å². The van der Waals surface area contributed by atoms with E-state index in [2.05, 4.69) is 4.98 Å². The number of diazo groups is 1. The quantitative estimate of drug-likeness (QED) is 0.616. The number of furan rings is 1. The summed E-state index contributed by atoms with van der Waals surface area (Å²) >= 11 is 0. The second kappa shape index (κ2) is 4.34. The Morgan fingerprint density at radius 2 is 2.20 bits per heavy atom. The van der Waals surface area contributed by atoms with Gasteiger partial charge < -0.3 is 9.15 Å². The summed E-state index contributed by atoms with van der Waals surface area (Å²) in [5, 5.41) is 10.2. The Hall–Kier alpha value is -2.35. The van der Waals surface area contributed by atoms with Crippen LogP contribution in [0.3, 0.4) is 0 Å². The van der Waals surface area contributed by atoms with Crippen molar-refractivity contribution < 1.29 is 13.9 Å². The second-order valence-corrected chi connectivity index (χ2v) is 5.24. The molecule has 5 heteroatoms. The van der Waals surface area contributed by atoms with Gasteiger partial charge in [-0.1, -0.05) is 0 Å². The summed E-state index contributed by atoms with van der Waals surface area (Å²) in [5.41, 5.74) is 1.50. The van der Waals surface area contributed by atoms with Crippen LogP contribution in [0, 0.1) is 12.3 Å². The van der Waals surface area contributed by atoms with Crippen LogP contribution >= 0.6 is 0 Å². The number of methoxy groups -OCH3 is 1. The van der Waals surface area contributed by atoms with E-state index in [1.807, 2.05) is 6.92 Å². The number of esters is 1. The monoisotopic (exact) mass is 271 g/mol. The molecule has 0 saturated heterocycles. The van der Waals surface area contributed by atoms with Crippen LogP contribution < -0.4 is 0 Å². The molecule has 0 unspecified atom stereocenters. The molecule has 1 aliphatic rings. The lowest BCUT2D eigenvalue weighted by Gasteiger charge is -2.21. The van der Waals surface area contributed by atoms with Crippen molar-refractivity contribution in [3.05, 3.63) is 40.1 Å². The van der Waals surface area contributed by atoms with Gasteiger partial charge in [-0.25, -0.2) is 4.79 Å². The second-order valence-electron chi connectivity index (χ2n) is 5.24. The number of hydrogen-bond donors (Lipinski definition) is 0. The molecule has 20 heavy (non-hydrogen) atoms. The first-order valence-corrected chi connectivity index (χ1v) is 6.59. The predicted octanol–water partition coefficient (Wildman–Crippen LogP) is 3.76. The fourth-order valence-corrected chi connectivity index (χ4v) is 2.79. The highest BCUT2D eigenvalue weighted by atomic mass is 16.5. The van der Waals surface area contributed by atoms with Crippen LogP contribution in [0.4, 0.5) is 0 Å². The van der Waals surface area contributed by atoms with Gasteiger partial charge >= 0.3 is 11.5 Å². The van der Waals surface area contributed by atoms with E-state index in [1.54, 1.807) is 18.2 Å². The zero-order valence-corrected chi connectivity index (χ0v) is 11.5. The lowest BCUT2D eigenvalue weighted by molar-refractivity contribution is 0.0601. The molecule has 1 saturated carbocycles. The summed E-state index contributed by atoms with van der Waals surface area (Å²) in [6.45, 7) is 1.92. The minimum atomic E-state index is -0.603. The summed E-state index contributed by atoms with van der Waals surface area (Å²) in [6, 6.07) is 5.18. The van der Waals surface area contributed by atoms with Crippen LogP contribution in [0.1, 0.15) is 40.9 Å². The highest BCUT2D eigenvalue weighted by molar-refractivity contribution is 5.95. The maximum Gasteiger partial charge on any atom is 0.379 e. The molecule has 1 aliphatic carbocycles. The third kappa shape index (κ3) is 1.61. The molecule has 0 bridgehead atoms. The van der Waals surface area contributed by atoms with Crippen molar-refractivity contribution in [2.45, 2.75) is 31.7 Å². The molecule has 1 aromatic heterocycles. The Balaban J connectivity index is 2.16. The lowest BCUT2D eigenvalue weighted by atomic mass is 9.74. The zero-order chi connectivity index (χ0) is 14.3. The number of benzene rings is 1. The molecule has 0 atom stereocenters. The highest BCUT2D eigenvalue weighted by Gasteiger charge is 2.56. The van der Waals surface area contributed by atoms with E-state index in [-0.39, 0.29) is 5.97 Å². The molecule has 1 aromatic carbocycles. The Morgan fingerprint density at radius 1 is 1.45 bits per heavy atom. The van der Waals surface area contributed by atoms with Crippen molar-refractivity contribution >= 4 is 16.9 Å². The normalized spacial score (nSPS) is 16.4. The van der Waals surface area contributed by atoms with E-state index >= 15 is 0 Å². The minimum Gasteiger partial charge on any atom is -0.465 e. The van der Waals surface area contributed by atoms with E-state index in [4.69, 9.17) is 9.15 Å². The molecule has 3 rings (SSSR count). The summed E-state index contributed by atoms with van der Waals surface area (Å²) in [5.74, 6) is 0.322. The Kier molecular flexibility index (Phi) is 2.75. The van der Waals surface area contributed by atoms with Crippen molar-refractivity contribution in [2.75, 3.05) is 7.11 Å². The maximum atomic E-state index is 11.6. The maximum absolute atomic E-state index is 11.6. The van der Waals surface area contributed by atoms with Gasteiger partial charge in [0.15, 0.2) is 0 Å². The molecule has 2 aromatic rings. The number of carbonyl (C=O) groups excluding carboxylic acids is 1. The number of hydrogen-bond acceptors (Lipinski definition) is 4. The molecule has 0 spiro atoms. The Bertz CT molecular complexity index is 735. The fourth-order valence-electron chi connectivity index (χ4n) is 2.79. The van der Waals surface area contributed by atoms with Gasteiger partial charge in [0.25, 0.3) is 0 Å². The number of carbonyl (C=O) groups is 1. The average Bonchev–Trinajstić information content (AvgIpc) is 2.75. The smallest absolute Gasteiger partial charge is 0.379 e. The van der Waals surface area contributed by atoms with Crippen LogP contribution in [-0.2, 0) is 10.3 Å². The van der Waals surface area contributed by atoms with Gasteiger partial charge in [-0.05, 0) is 31.5 Å². The summed E-state index contributed by atoms with van der Waals surface area (Å²) in [7, 11) is 1.36. The third-order valence-electron chi connectivity index (χ3n) is 4.15. The molecule has 102 valence electrons. The molecule has 0 amide bonds. The number of ether oxygens (including phenoxy) is 1. The van der Waals surface area contributed by atoms with E-state index < -0.39 is 5.54 Å². The van der Waals surface area contributed by atoms with Crippen LogP contribution in [-0.4, -0.2) is 13.1 Å². The summed E-state index contributed by atoms with van der Waals surface area (Å²) in [6.07, 6.45) is 2.59.